The zero-order valence-corrected chi connectivity index (χ0v) is 24.4. The van der Waals surface area contributed by atoms with Crippen LogP contribution in [-0.4, -0.2) is 27.8 Å². The fraction of sp³-hybridized carbons (Fsp3) is 0.281. The van der Waals surface area contributed by atoms with Gasteiger partial charge in [-0.2, -0.15) is 0 Å². The summed E-state index contributed by atoms with van der Waals surface area (Å²) in [5.41, 5.74) is 5.48. The number of fused-ring (bicyclic) bond motifs is 1. The second-order valence-electron chi connectivity index (χ2n) is 10.0. The Morgan fingerprint density at radius 3 is 2.48 bits per heavy atom. The normalized spacial score (nSPS) is 15.3. The lowest BCUT2D eigenvalue weighted by atomic mass is 9.95. The molecule has 0 unspecified atom stereocenters. The minimum Gasteiger partial charge on any atom is -0.491 e. The van der Waals surface area contributed by atoms with Crippen molar-refractivity contribution in [1.29, 1.82) is 0 Å². The molecule has 7 nitrogen and oxygen atoms in total. The zero-order chi connectivity index (χ0) is 28.6. The molecule has 5 rings (SSSR count). The lowest BCUT2D eigenvalue weighted by Gasteiger charge is -2.26. The largest absolute Gasteiger partial charge is 0.491 e. The number of esters is 1. The maximum absolute atomic E-state index is 14.1. The van der Waals surface area contributed by atoms with Gasteiger partial charge in [-0.3, -0.25) is 9.36 Å². The molecule has 1 aliphatic rings. The summed E-state index contributed by atoms with van der Waals surface area (Å²) in [5.74, 6) is 0.119. The summed E-state index contributed by atoms with van der Waals surface area (Å²) in [6, 6.07) is 19.0. The average molecular weight is 556 g/mol. The van der Waals surface area contributed by atoms with Crippen LogP contribution in [0.3, 0.4) is 0 Å². The molecule has 0 amide bonds. The molecule has 1 aliphatic heterocycles. The van der Waals surface area contributed by atoms with Crippen molar-refractivity contribution in [3.8, 4) is 11.4 Å². The summed E-state index contributed by atoms with van der Waals surface area (Å²) >= 11 is 1.32. The van der Waals surface area contributed by atoms with Crippen LogP contribution in [0.15, 0.2) is 81.7 Å². The molecule has 1 atom stereocenters. The van der Waals surface area contributed by atoms with Crippen LogP contribution in [0, 0.1) is 13.8 Å². The van der Waals surface area contributed by atoms with Crippen LogP contribution in [-0.2, 0) is 9.53 Å². The Balaban J connectivity index is 1.72. The number of para-hydroxylation sites is 2. The Hall–Kier alpha value is -4.17. The van der Waals surface area contributed by atoms with E-state index < -0.39 is 12.0 Å². The highest BCUT2D eigenvalue weighted by molar-refractivity contribution is 7.07. The predicted octanol–water partition coefficient (Wildman–Crippen LogP) is 4.99. The average Bonchev–Trinajstić information content (AvgIpc) is 3.37. The van der Waals surface area contributed by atoms with Crippen molar-refractivity contribution in [3.05, 3.63) is 114 Å². The highest BCUT2D eigenvalue weighted by atomic mass is 32.1. The molecule has 0 N–H and O–H groups in total. The van der Waals surface area contributed by atoms with E-state index in [1.807, 2.05) is 69.3 Å². The van der Waals surface area contributed by atoms with Crippen LogP contribution < -0.4 is 19.6 Å². The van der Waals surface area contributed by atoms with E-state index in [1.165, 1.54) is 11.3 Å². The summed E-state index contributed by atoms with van der Waals surface area (Å²) in [5, 5.41) is 0. The lowest BCUT2D eigenvalue weighted by Crippen LogP contribution is -2.40. The van der Waals surface area contributed by atoms with Gasteiger partial charge >= 0.3 is 5.97 Å². The van der Waals surface area contributed by atoms with Crippen molar-refractivity contribution in [2.24, 2.45) is 4.99 Å². The molecule has 3 heterocycles. The lowest BCUT2D eigenvalue weighted by molar-refractivity contribution is -0.139. The molecule has 206 valence electrons. The molecule has 4 aromatic rings. The number of hydrogen-bond acceptors (Lipinski definition) is 6. The van der Waals surface area contributed by atoms with Gasteiger partial charge < -0.3 is 14.0 Å². The number of allylic oxidation sites excluding steroid dienone is 1. The molecule has 40 heavy (non-hydrogen) atoms. The minimum absolute atomic E-state index is 0.0898. The highest BCUT2D eigenvalue weighted by Crippen LogP contribution is 2.36. The number of carbonyl (C=O) groups is 1. The first-order chi connectivity index (χ1) is 19.2. The molecule has 0 aliphatic carbocycles. The Bertz CT molecular complexity index is 1790. The quantitative estimate of drug-likeness (QED) is 0.301. The van der Waals surface area contributed by atoms with E-state index in [2.05, 4.69) is 29.7 Å². The van der Waals surface area contributed by atoms with Crippen LogP contribution >= 0.6 is 11.3 Å². The van der Waals surface area contributed by atoms with Gasteiger partial charge in [0.05, 0.1) is 28.5 Å². The van der Waals surface area contributed by atoms with Crippen LogP contribution in [0.2, 0.25) is 0 Å². The third kappa shape index (κ3) is 4.95. The molecular formula is C32H33N3O4S. The minimum atomic E-state index is -0.732. The van der Waals surface area contributed by atoms with E-state index in [4.69, 9.17) is 14.5 Å². The van der Waals surface area contributed by atoms with E-state index in [9.17, 15) is 9.59 Å². The Labute approximate surface area is 237 Å². The molecule has 0 saturated carbocycles. The number of ether oxygens (including phenoxy) is 2. The number of thiazole rings is 1. The van der Waals surface area contributed by atoms with Crippen molar-refractivity contribution in [2.75, 3.05) is 6.61 Å². The summed E-state index contributed by atoms with van der Waals surface area (Å²) in [6.45, 7) is 11.8. The second-order valence-corrected chi connectivity index (χ2v) is 11.0. The molecule has 2 aromatic heterocycles. The summed E-state index contributed by atoms with van der Waals surface area (Å²) in [6.07, 6.45) is 1.83. The third-order valence-electron chi connectivity index (χ3n) is 6.86. The summed E-state index contributed by atoms with van der Waals surface area (Å²) in [4.78, 5) is 32.6. The molecular weight excluding hydrogens is 522 g/mol. The third-order valence-corrected chi connectivity index (χ3v) is 7.85. The Morgan fingerprint density at radius 1 is 1.07 bits per heavy atom. The maximum atomic E-state index is 14.1. The van der Waals surface area contributed by atoms with Crippen molar-refractivity contribution >= 4 is 23.4 Å². The maximum Gasteiger partial charge on any atom is 0.338 e. The van der Waals surface area contributed by atoms with Crippen molar-refractivity contribution in [1.82, 2.24) is 9.13 Å². The Morgan fingerprint density at radius 2 is 1.77 bits per heavy atom. The number of benzene rings is 2. The number of carbonyl (C=O) groups excluding carboxylic acids is 1. The van der Waals surface area contributed by atoms with Gasteiger partial charge in [0, 0.05) is 22.6 Å². The van der Waals surface area contributed by atoms with E-state index >= 15 is 0 Å². The van der Waals surface area contributed by atoms with Gasteiger partial charge in [0.2, 0.25) is 0 Å². The number of rotatable bonds is 7. The van der Waals surface area contributed by atoms with Crippen molar-refractivity contribution in [3.63, 3.8) is 0 Å². The predicted molar refractivity (Wildman–Crippen MR) is 158 cm³/mol. The van der Waals surface area contributed by atoms with Crippen molar-refractivity contribution in [2.45, 2.75) is 53.7 Å². The smallest absolute Gasteiger partial charge is 0.338 e. The van der Waals surface area contributed by atoms with E-state index in [0.29, 0.717) is 31.9 Å². The fourth-order valence-corrected chi connectivity index (χ4v) is 6.24. The first-order valence-corrected chi connectivity index (χ1v) is 14.2. The molecule has 0 bridgehead atoms. The summed E-state index contributed by atoms with van der Waals surface area (Å²) in [7, 11) is 0. The van der Waals surface area contributed by atoms with Crippen LogP contribution in [0.25, 0.3) is 11.8 Å². The molecule has 0 saturated heterocycles. The molecule has 0 radical (unpaired) electrons. The van der Waals surface area contributed by atoms with Crippen LogP contribution in [0.5, 0.6) is 5.75 Å². The molecule has 8 heteroatoms. The SMILES string of the molecule is CCOC(=O)C1=C(C)N=c2s/c(=C\c3cc(C)n(-c4ccccc4)c3C)c(=O)n2[C@@H]1c1ccccc1OC(C)C. The number of aryl methyl sites for hydroxylation is 1. The van der Waals surface area contributed by atoms with E-state index in [1.54, 1.807) is 18.4 Å². The standard InChI is InChI=1S/C32H33N3O4S/c1-7-38-31(37)28-21(5)33-32-35(29(28)25-15-11-12-16-26(25)39-19(2)3)30(36)27(40-32)18-23-17-20(4)34(22(23)6)24-13-9-8-10-14-24/h8-19,29H,7H2,1-6H3/b27-18-/t29-/m1/s1. The van der Waals surface area contributed by atoms with Gasteiger partial charge in [0.25, 0.3) is 5.56 Å². The first-order valence-electron chi connectivity index (χ1n) is 13.4. The second kappa shape index (κ2) is 11.1. The molecule has 0 fully saturated rings. The first kappa shape index (κ1) is 27.4. The van der Waals surface area contributed by atoms with E-state index in [0.717, 1.165) is 22.6 Å². The number of hydrogen-bond donors (Lipinski definition) is 0. The van der Waals surface area contributed by atoms with Gasteiger partial charge in [-0.05, 0) is 77.4 Å². The topological polar surface area (TPSA) is 74.8 Å². The Kier molecular flexibility index (Phi) is 7.63. The van der Waals surface area contributed by atoms with Crippen LogP contribution in [0.4, 0.5) is 0 Å². The van der Waals surface area contributed by atoms with Gasteiger partial charge in [0.15, 0.2) is 4.80 Å². The van der Waals surface area contributed by atoms with Gasteiger partial charge in [-0.15, -0.1) is 0 Å². The van der Waals surface area contributed by atoms with Gasteiger partial charge in [-0.25, -0.2) is 9.79 Å². The number of nitrogens with zero attached hydrogens (tertiary/aromatic N) is 3. The fourth-order valence-electron chi connectivity index (χ4n) is 5.20. The van der Waals surface area contributed by atoms with Crippen LogP contribution in [0.1, 0.15) is 56.3 Å². The van der Waals surface area contributed by atoms with Crippen molar-refractivity contribution < 1.29 is 14.3 Å². The summed E-state index contributed by atoms with van der Waals surface area (Å²) < 4.78 is 15.9. The van der Waals surface area contributed by atoms with Gasteiger partial charge in [-0.1, -0.05) is 47.7 Å². The highest BCUT2D eigenvalue weighted by Gasteiger charge is 2.35. The molecule has 0 spiro atoms. The molecule has 2 aromatic carbocycles. The zero-order valence-electron chi connectivity index (χ0n) is 23.6. The van der Waals surface area contributed by atoms with E-state index in [-0.39, 0.29) is 18.3 Å². The monoisotopic (exact) mass is 555 g/mol. The number of aromatic nitrogens is 2. The van der Waals surface area contributed by atoms with Gasteiger partial charge in [0.1, 0.15) is 11.8 Å².